The van der Waals surface area contributed by atoms with Crippen molar-refractivity contribution in [2.45, 2.75) is 72.4 Å². The minimum atomic E-state index is -0.965. The number of urea groups is 1. The zero-order chi connectivity index (χ0) is 15.7. The molecule has 2 unspecified atom stereocenters. The molecule has 0 aliphatic heterocycles. The molecule has 0 spiro atoms. The second kappa shape index (κ2) is 9.61. The minimum absolute atomic E-state index is 0.0820. The van der Waals surface area contributed by atoms with Crippen molar-refractivity contribution >= 4 is 12.0 Å². The van der Waals surface area contributed by atoms with E-state index in [0.717, 1.165) is 25.7 Å². The number of amides is 2. The summed E-state index contributed by atoms with van der Waals surface area (Å²) in [6.45, 7) is 10.5. The van der Waals surface area contributed by atoms with Gasteiger partial charge in [-0.15, -0.1) is 0 Å². The van der Waals surface area contributed by atoms with E-state index in [4.69, 9.17) is 0 Å². The van der Waals surface area contributed by atoms with Crippen LogP contribution in [0.1, 0.15) is 60.3 Å². The van der Waals surface area contributed by atoms with E-state index in [9.17, 15) is 14.7 Å². The van der Waals surface area contributed by atoms with Crippen LogP contribution in [0.5, 0.6) is 0 Å². The molecule has 0 aliphatic carbocycles. The van der Waals surface area contributed by atoms with Gasteiger partial charge < -0.3 is 15.3 Å². The van der Waals surface area contributed by atoms with Crippen LogP contribution >= 0.6 is 0 Å². The van der Waals surface area contributed by atoms with E-state index in [-0.39, 0.29) is 18.0 Å². The van der Waals surface area contributed by atoms with Gasteiger partial charge in [-0.1, -0.05) is 40.5 Å². The molecule has 0 radical (unpaired) electrons. The first-order chi connectivity index (χ1) is 9.38. The number of aliphatic carboxylic acids is 1. The second-order valence-electron chi connectivity index (χ2n) is 5.46. The van der Waals surface area contributed by atoms with Crippen molar-refractivity contribution in [3.63, 3.8) is 0 Å². The van der Waals surface area contributed by atoms with E-state index in [2.05, 4.69) is 12.2 Å². The summed E-state index contributed by atoms with van der Waals surface area (Å²) in [5.74, 6) is -1.05. The number of carboxylic acid groups (broad SMARTS) is 1. The van der Waals surface area contributed by atoms with E-state index >= 15 is 0 Å². The van der Waals surface area contributed by atoms with E-state index in [0.29, 0.717) is 6.54 Å². The molecular formula is C15H30N2O3. The zero-order valence-corrected chi connectivity index (χ0v) is 13.5. The summed E-state index contributed by atoms with van der Waals surface area (Å²) in [5, 5.41) is 11.9. The van der Waals surface area contributed by atoms with Crippen molar-refractivity contribution < 1.29 is 14.7 Å². The molecule has 0 saturated heterocycles. The first-order valence-corrected chi connectivity index (χ1v) is 7.68. The Morgan fingerprint density at radius 1 is 1.15 bits per heavy atom. The fraction of sp³-hybridized carbons (Fsp3) is 0.867. The van der Waals surface area contributed by atoms with Gasteiger partial charge in [0.15, 0.2) is 0 Å². The first-order valence-electron chi connectivity index (χ1n) is 7.68. The number of nitrogens with one attached hydrogen (secondary N) is 1. The van der Waals surface area contributed by atoms with Crippen molar-refractivity contribution in [2.24, 2.45) is 5.92 Å². The molecule has 0 aromatic heterocycles. The summed E-state index contributed by atoms with van der Waals surface area (Å²) < 4.78 is 0. The maximum absolute atomic E-state index is 12.3. The van der Waals surface area contributed by atoms with Gasteiger partial charge in [0.1, 0.15) is 6.04 Å². The Morgan fingerprint density at radius 3 is 2.15 bits per heavy atom. The summed E-state index contributed by atoms with van der Waals surface area (Å²) in [6.07, 6.45) is 3.51. The van der Waals surface area contributed by atoms with Crippen LogP contribution < -0.4 is 5.32 Å². The molecule has 3 atom stereocenters. The predicted octanol–water partition coefficient (Wildman–Crippen LogP) is 3.10. The third-order valence-corrected chi connectivity index (χ3v) is 3.89. The van der Waals surface area contributed by atoms with Crippen LogP contribution in [0, 0.1) is 5.92 Å². The van der Waals surface area contributed by atoms with Gasteiger partial charge in [0.2, 0.25) is 0 Å². The summed E-state index contributed by atoms with van der Waals surface area (Å²) in [5.41, 5.74) is 0. The second-order valence-corrected chi connectivity index (χ2v) is 5.46. The van der Waals surface area contributed by atoms with Crippen LogP contribution in [0.25, 0.3) is 0 Å². The fourth-order valence-corrected chi connectivity index (χ4v) is 1.97. The number of unbranched alkanes of at least 4 members (excludes halogenated alkanes) is 1. The highest BCUT2D eigenvalue weighted by Crippen LogP contribution is 2.11. The lowest BCUT2D eigenvalue weighted by atomic mass is 9.99. The number of rotatable bonds is 9. The molecular weight excluding hydrogens is 256 g/mol. The molecule has 2 amide bonds. The van der Waals surface area contributed by atoms with Crippen molar-refractivity contribution in [1.29, 1.82) is 0 Å². The standard InChI is InChI=1S/C15H30N2O3/c1-6-9-10-17(12(5)8-3)15(20)16-13(14(18)19)11(4)7-2/h11-13H,6-10H2,1-5H3,(H,16,20)(H,18,19)/t11?,12?,13-/m0/s1. The van der Waals surface area contributed by atoms with Gasteiger partial charge in [0, 0.05) is 12.6 Å². The predicted molar refractivity (Wildman–Crippen MR) is 80.8 cm³/mol. The topological polar surface area (TPSA) is 69.6 Å². The summed E-state index contributed by atoms with van der Waals surface area (Å²) in [7, 11) is 0. The fourth-order valence-electron chi connectivity index (χ4n) is 1.97. The Kier molecular flexibility index (Phi) is 9.01. The third kappa shape index (κ3) is 5.80. The lowest BCUT2D eigenvalue weighted by Gasteiger charge is -2.31. The van der Waals surface area contributed by atoms with E-state index in [1.165, 1.54) is 0 Å². The van der Waals surface area contributed by atoms with Crippen molar-refractivity contribution in [3.05, 3.63) is 0 Å². The molecule has 5 nitrogen and oxygen atoms in total. The average molecular weight is 286 g/mol. The molecule has 0 rings (SSSR count). The summed E-state index contributed by atoms with van der Waals surface area (Å²) in [4.78, 5) is 25.4. The van der Waals surface area contributed by atoms with Crippen LogP contribution in [-0.2, 0) is 4.79 Å². The molecule has 0 saturated carbocycles. The average Bonchev–Trinajstić information content (AvgIpc) is 2.43. The lowest BCUT2D eigenvalue weighted by Crippen LogP contribution is -2.52. The highest BCUT2D eigenvalue weighted by Gasteiger charge is 2.28. The normalized spacial score (nSPS) is 15.2. The van der Waals surface area contributed by atoms with E-state index in [1.807, 2.05) is 27.7 Å². The molecule has 20 heavy (non-hydrogen) atoms. The summed E-state index contributed by atoms with van der Waals surface area (Å²) in [6, 6.07) is -0.964. The molecule has 0 fully saturated rings. The molecule has 2 N–H and O–H groups in total. The smallest absolute Gasteiger partial charge is 0.326 e. The Bertz CT molecular complexity index is 307. The maximum Gasteiger partial charge on any atom is 0.326 e. The maximum atomic E-state index is 12.3. The van der Waals surface area contributed by atoms with Crippen LogP contribution in [0.4, 0.5) is 4.79 Å². The van der Waals surface area contributed by atoms with Gasteiger partial charge in [0.25, 0.3) is 0 Å². The van der Waals surface area contributed by atoms with Crippen molar-refractivity contribution in [2.75, 3.05) is 6.54 Å². The molecule has 0 aliphatic rings. The molecule has 118 valence electrons. The Balaban J connectivity index is 4.82. The number of carbonyl (C=O) groups excluding carboxylic acids is 1. The number of hydrogen-bond donors (Lipinski definition) is 2. The lowest BCUT2D eigenvalue weighted by molar-refractivity contribution is -0.140. The van der Waals surface area contributed by atoms with Crippen LogP contribution in [0.3, 0.4) is 0 Å². The number of nitrogens with zero attached hydrogens (tertiary/aromatic N) is 1. The first kappa shape index (κ1) is 18.7. The van der Waals surface area contributed by atoms with E-state index < -0.39 is 12.0 Å². The highest BCUT2D eigenvalue weighted by atomic mass is 16.4. The minimum Gasteiger partial charge on any atom is -0.480 e. The van der Waals surface area contributed by atoms with Gasteiger partial charge >= 0.3 is 12.0 Å². The summed E-state index contributed by atoms with van der Waals surface area (Å²) >= 11 is 0. The molecule has 0 heterocycles. The van der Waals surface area contributed by atoms with Gasteiger partial charge in [-0.3, -0.25) is 0 Å². The van der Waals surface area contributed by atoms with Crippen molar-refractivity contribution in [1.82, 2.24) is 10.2 Å². The SMILES string of the molecule is CCCCN(C(=O)N[C@H](C(=O)O)C(C)CC)C(C)CC. The molecule has 0 bridgehead atoms. The monoisotopic (exact) mass is 286 g/mol. The number of carbonyl (C=O) groups is 2. The van der Waals surface area contributed by atoms with Gasteiger partial charge in [-0.05, 0) is 25.7 Å². The molecule has 5 heteroatoms. The van der Waals surface area contributed by atoms with Crippen LogP contribution in [0.2, 0.25) is 0 Å². The third-order valence-electron chi connectivity index (χ3n) is 3.89. The van der Waals surface area contributed by atoms with Gasteiger partial charge in [-0.2, -0.15) is 0 Å². The largest absolute Gasteiger partial charge is 0.480 e. The Morgan fingerprint density at radius 2 is 1.75 bits per heavy atom. The van der Waals surface area contributed by atoms with Crippen molar-refractivity contribution in [3.8, 4) is 0 Å². The Hall–Kier alpha value is -1.26. The van der Waals surface area contributed by atoms with Gasteiger partial charge in [-0.25, -0.2) is 9.59 Å². The molecule has 0 aromatic carbocycles. The van der Waals surface area contributed by atoms with E-state index in [1.54, 1.807) is 4.90 Å². The molecule has 0 aromatic rings. The zero-order valence-electron chi connectivity index (χ0n) is 13.5. The highest BCUT2D eigenvalue weighted by molar-refractivity contribution is 5.83. The Labute approximate surface area is 122 Å². The van der Waals surface area contributed by atoms with Crippen LogP contribution in [0.15, 0.2) is 0 Å². The quantitative estimate of drug-likeness (QED) is 0.684. The number of carboxylic acids is 1. The van der Waals surface area contributed by atoms with Gasteiger partial charge in [0.05, 0.1) is 0 Å². The number of hydrogen-bond acceptors (Lipinski definition) is 2. The van der Waals surface area contributed by atoms with Crippen LogP contribution in [-0.4, -0.2) is 40.6 Å².